The molecule has 1 saturated carbocycles. The van der Waals surface area contributed by atoms with E-state index in [1.165, 1.54) is 0 Å². The Morgan fingerprint density at radius 2 is 2.27 bits per heavy atom. The summed E-state index contributed by atoms with van der Waals surface area (Å²) in [5, 5.41) is 0. The first-order valence-corrected chi connectivity index (χ1v) is 4.14. The monoisotopic (exact) mass is 155 g/mol. The van der Waals surface area contributed by atoms with E-state index in [1.807, 2.05) is 0 Å². The maximum Gasteiger partial charge on any atom is 0.310 e. The second-order valence-electron chi connectivity index (χ2n) is 3.69. The number of hydrogen-bond donors (Lipinski definition) is 1. The molecule has 0 aromatic heterocycles. The lowest BCUT2D eigenvalue weighted by Crippen LogP contribution is -2.38. The minimum Gasteiger partial charge on any atom is -0.462 e. The number of esters is 1. The molecule has 0 spiro atoms. The number of rotatable bonds is 0. The Balaban J connectivity index is 2.20. The van der Waals surface area contributed by atoms with Crippen molar-refractivity contribution in [1.29, 1.82) is 0 Å². The maximum absolute atomic E-state index is 11.1. The van der Waals surface area contributed by atoms with Gasteiger partial charge < -0.3 is 10.5 Å². The highest BCUT2D eigenvalue weighted by Gasteiger charge is 2.45. The van der Waals surface area contributed by atoms with Crippen LogP contribution in [0.3, 0.4) is 0 Å². The molecule has 4 atom stereocenters. The normalized spacial score (nSPS) is 49.1. The molecule has 0 aromatic carbocycles. The van der Waals surface area contributed by atoms with Gasteiger partial charge in [-0.15, -0.1) is 0 Å². The van der Waals surface area contributed by atoms with Crippen molar-refractivity contribution < 1.29 is 9.53 Å². The Morgan fingerprint density at radius 1 is 1.55 bits per heavy atom. The number of carbonyl (C=O) groups is 1. The van der Waals surface area contributed by atoms with Crippen LogP contribution in [-0.2, 0) is 9.53 Å². The van der Waals surface area contributed by atoms with Gasteiger partial charge in [-0.2, -0.15) is 0 Å². The highest BCUT2D eigenvalue weighted by atomic mass is 16.6. The van der Waals surface area contributed by atoms with E-state index in [1.54, 1.807) is 0 Å². The smallest absolute Gasteiger partial charge is 0.310 e. The predicted octanol–water partition coefficient (Wildman–Crippen LogP) is 0.285. The number of hydrogen-bond acceptors (Lipinski definition) is 3. The summed E-state index contributed by atoms with van der Waals surface area (Å²) in [6.07, 6.45) is 1.94. The Morgan fingerprint density at radius 3 is 3.00 bits per heavy atom. The fourth-order valence-corrected chi connectivity index (χ4v) is 2.07. The average Bonchev–Trinajstić information content (AvgIpc) is 2.26. The van der Waals surface area contributed by atoms with E-state index in [2.05, 4.69) is 6.92 Å². The molecule has 2 rings (SSSR count). The van der Waals surface area contributed by atoms with Crippen LogP contribution in [0.4, 0.5) is 0 Å². The second-order valence-corrected chi connectivity index (χ2v) is 3.69. The number of fused-ring (bicyclic) bond motifs is 2. The molecule has 2 N–H and O–H groups in total. The zero-order valence-corrected chi connectivity index (χ0v) is 6.62. The molecule has 2 aliphatic rings. The molecule has 1 heterocycles. The minimum atomic E-state index is -0.0770. The molecule has 0 aromatic rings. The highest BCUT2D eigenvalue weighted by molar-refractivity contribution is 5.76. The molecule has 1 aliphatic heterocycles. The number of carbonyl (C=O) groups excluding carboxylic acids is 1. The molecule has 2 bridgehead atoms. The average molecular weight is 155 g/mol. The third kappa shape index (κ3) is 0.948. The summed E-state index contributed by atoms with van der Waals surface area (Å²) >= 11 is 0. The van der Waals surface area contributed by atoms with Gasteiger partial charge in [0.05, 0.1) is 5.92 Å². The van der Waals surface area contributed by atoms with Crippen molar-refractivity contribution in [2.75, 3.05) is 0 Å². The predicted molar refractivity (Wildman–Crippen MR) is 39.7 cm³/mol. The molecule has 1 aliphatic carbocycles. The molecule has 11 heavy (non-hydrogen) atoms. The summed E-state index contributed by atoms with van der Waals surface area (Å²) in [7, 11) is 0. The number of ether oxygens (including phenoxy) is 1. The Hall–Kier alpha value is -0.570. The van der Waals surface area contributed by atoms with E-state index in [9.17, 15) is 4.79 Å². The molecule has 0 radical (unpaired) electrons. The minimum absolute atomic E-state index is 0.00352. The van der Waals surface area contributed by atoms with Gasteiger partial charge in [0.15, 0.2) is 0 Å². The molecule has 2 fully saturated rings. The van der Waals surface area contributed by atoms with Crippen LogP contribution < -0.4 is 5.73 Å². The van der Waals surface area contributed by atoms with Gasteiger partial charge in [0.2, 0.25) is 0 Å². The largest absolute Gasteiger partial charge is 0.462 e. The zero-order chi connectivity index (χ0) is 8.01. The van der Waals surface area contributed by atoms with Crippen molar-refractivity contribution in [1.82, 2.24) is 0 Å². The van der Waals surface area contributed by atoms with Crippen molar-refractivity contribution in [2.24, 2.45) is 17.6 Å². The molecule has 3 heteroatoms. The van der Waals surface area contributed by atoms with Crippen molar-refractivity contribution >= 4 is 5.97 Å². The standard InChI is InChI=1S/C8H13NO2/c1-4-2-6(9)5-3-7(4)11-8(5)10/h4-7H,2-3,9H2,1H3/t4-,5+,6-,7-/m1/s1. The van der Waals surface area contributed by atoms with Crippen LogP contribution in [0.2, 0.25) is 0 Å². The van der Waals surface area contributed by atoms with E-state index >= 15 is 0 Å². The third-order valence-corrected chi connectivity index (χ3v) is 2.85. The van der Waals surface area contributed by atoms with Crippen LogP contribution in [0.1, 0.15) is 19.8 Å². The second kappa shape index (κ2) is 2.21. The lowest BCUT2D eigenvalue weighted by Gasteiger charge is -2.26. The molecule has 0 amide bonds. The van der Waals surface area contributed by atoms with Crippen LogP contribution in [0.25, 0.3) is 0 Å². The van der Waals surface area contributed by atoms with Gasteiger partial charge in [-0.05, 0) is 18.8 Å². The van der Waals surface area contributed by atoms with Crippen LogP contribution in [0.15, 0.2) is 0 Å². The van der Waals surface area contributed by atoms with Gasteiger partial charge in [0.25, 0.3) is 0 Å². The van der Waals surface area contributed by atoms with E-state index < -0.39 is 0 Å². The molecule has 3 nitrogen and oxygen atoms in total. The quantitative estimate of drug-likeness (QED) is 0.511. The van der Waals surface area contributed by atoms with Gasteiger partial charge >= 0.3 is 5.97 Å². The lowest BCUT2D eigenvalue weighted by molar-refractivity contribution is -0.144. The fourth-order valence-electron chi connectivity index (χ4n) is 2.07. The fraction of sp³-hybridized carbons (Fsp3) is 0.875. The molecular formula is C8H13NO2. The van der Waals surface area contributed by atoms with Crippen LogP contribution in [-0.4, -0.2) is 18.1 Å². The van der Waals surface area contributed by atoms with E-state index in [4.69, 9.17) is 10.5 Å². The van der Waals surface area contributed by atoms with Crippen molar-refractivity contribution in [3.8, 4) is 0 Å². The van der Waals surface area contributed by atoms with Crippen LogP contribution >= 0.6 is 0 Å². The van der Waals surface area contributed by atoms with Gasteiger partial charge in [-0.3, -0.25) is 4.79 Å². The summed E-state index contributed by atoms with van der Waals surface area (Å²) in [5.41, 5.74) is 5.80. The molecular weight excluding hydrogens is 142 g/mol. The maximum atomic E-state index is 11.1. The van der Waals surface area contributed by atoms with E-state index in [0.717, 1.165) is 12.8 Å². The van der Waals surface area contributed by atoms with Gasteiger partial charge in [-0.1, -0.05) is 6.92 Å². The zero-order valence-electron chi connectivity index (χ0n) is 6.62. The summed E-state index contributed by atoms with van der Waals surface area (Å²) in [5.74, 6) is 0.371. The Bertz CT molecular complexity index is 193. The van der Waals surface area contributed by atoms with E-state index in [-0.39, 0.29) is 24.0 Å². The van der Waals surface area contributed by atoms with Crippen LogP contribution in [0.5, 0.6) is 0 Å². The van der Waals surface area contributed by atoms with Crippen molar-refractivity contribution in [2.45, 2.75) is 31.9 Å². The number of nitrogens with two attached hydrogens (primary N) is 1. The third-order valence-electron chi connectivity index (χ3n) is 2.85. The van der Waals surface area contributed by atoms with Crippen molar-refractivity contribution in [3.05, 3.63) is 0 Å². The molecule has 0 unspecified atom stereocenters. The summed E-state index contributed by atoms with van der Waals surface area (Å²) in [6.45, 7) is 2.10. The first-order chi connectivity index (χ1) is 5.18. The molecule has 62 valence electrons. The summed E-state index contributed by atoms with van der Waals surface area (Å²) in [4.78, 5) is 11.1. The van der Waals surface area contributed by atoms with Crippen LogP contribution in [0, 0.1) is 11.8 Å². The van der Waals surface area contributed by atoms with Gasteiger partial charge in [-0.25, -0.2) is 0 Å². The summed E-state index contributed by atoms with van der Waals surface area (Å²) < 4.78 is 5.15. The van der Waals surface area contributed by atoms with E-state index in [0.29, 0.717) is 5.92 Å². The molecule has 1 saturated heterocycles. The first-order valence-electron chi connectivity index (χ1n) is 4.14. The topological polar surface area (TPSA) is 52.3 Å². The van der Waals surface area contributed by atoms with Crippen molar-refractivity contribution in [3.63, 3.8) is 0 Å². The lowest BCUT2D eigenvalue weighted by atomic mass is 9.80. The SMILES string of the molecule is C[C@@H]1C[C@@H](N)[C@@H]2C[C@H]1OC2=O. The highest BCUT2D eigenvalue weighted by Crippen LogP contribution is 2.36. The van der Waals surface area contributed by atoms with Gasteiger partial charge in [0.1, 0.15) is 6.10 Å². The Labute approximate surface area is 65.9 Å². The van der Waals surface area contributed by atoms with Gasteiger partial charge in [0, 0.05) is 6.04 Å². The Kier molecular flexibility index (Phi) is 1.42. The first kappa shape index (κ1) is 7.10. The summed E-state index contributed by atoms with van der Waals surface area (Å²) in [6, 6.07) is 0.0382.